The summed E-state index contributed by atoms with van der Waals surface area (Å²) in [6.07, 6.45) is 2.57. The third kappa shape index (κ3) is 6.40. The third-order valence-corrected chi connectivity index (χ3v) is 4.56. The molecule has 0 aromatic heterocycles. The summed E-state index contributed by atoms with van der Waals surface area (Å²) in [6, 6.07) is 7.58. The quantitative estimate of drug-likeness (QED) is 0.247. The fraction of sp³-hybridized carbons (Fsp3) is 0.238. The molecule has 0 bridgehead atoms. The first-order valence-electron chi connectivity index (χ1n) is 7.83. The van der Waals surface area contributed by atoms with E-state index in [1.807, 2.05) is 0 Å². The van der Waals surface area contributed by atoms with Gasteiger partial charge in [0.05, 0.1) is 12.5 Å². The van der Waals surface area contributed by atoms with E-state index in [1.54, 1.807) is 0 Å². The normalized spacial score (nSPS) is 18.1. The number of halogens is 5. The van der Waals surface area contributed by atoms with Crippen LogP contribution in [0.1, 0.15) is 18.6 Å². The number of rotatable bonds is 5. The average molecular weight is 457 g/mol. The molecule has 0 spiro atoms. The zero-order chi connectivity index (χ0) is 20.2. The van der Waals surface area contributed by atoms with Crippen molar-refractivity contribution in [2.75, 3.05) is 12.5 Å². The maximum absolute atomic E-state index is 13.2. The van der Waals surface area contributed by atoms with Gasteiger partial charge in [0.2, 0.25) is 0 Å². The van der Waals surface area contributed by atoms with Crippen molar-refractivity contribution in [3.8, 4) is 0 Å². The van der Waals surface area contributed by atoms with Crippen molar-refractivity contribution in [3.05, 3.63) is 96.1 Å². The summed E-state index contributed by atoms with van der Waals surface area (Å²) in [7, 11) is 0. The zero-order valence-corrected chi connectivity index (χ0v) is 18.4. The molecule has 1 fully saturated rings. The maximum Gasteiger partial charge on any atom is 1.00 e. The Hall–Kier alpha value is -1.19. The van der Waals surface area contributed by atoms with E-state index in [-0.39, 0.29) is 59.5 Å². The van der Waals surface area contributed by atoms with E-state index >= 15 is 0 Å². The van der Waals surface area contributed by atoms with Gasteiger partial charge in [0, 0.05) is 11.1 Å². The van der Waals surface area contributed by atoms with Crippen LogP contribution < -0.4 is 29.6 Å². The molecule has 1 aliphatic heterocycles. The number of benzene rings is 2. The number of ether oxygens (including phenoxy) is 1. The van der Waals surface area contributed by atoms with E-state index in [4.69, 9.17) is 16.3 Å². The van der Waals surface area contributed by atoms with Crippen LogP contribution in [0.3, 0.4) is 0 Å². The van der Waals surface area contributed by atoms with Gasteiger partial charge in [-0.3, -0.25) is 0 Å². The van der Waals surface area contributed by atoms with Gasteiger partial charge in [0.15, 0.2) is 23.3 Å². The number of alkyl halides is 1. The van der Waals surface area contributed by atoms with Gasteiger partial charge in [-0.15, -0.1) is 11.6 Å². The zero-order valence-electron chi connectivity index (χ0n) is 15.6. The first kappa shape index (κ1) is 31.0. The molecule has 3 nitrogen and oxygen atoms in total. The molecule has 2 aromatic carbocycles. The molecule has 0 radical (unpaired) electrons. The van der Waals surface area contributed by atoms with Gasteiger partial charge < -0.3 is 15.3 Å². The smallest absolute Gasteiger partial charge is 0.870 e. The number of aliphatic hydroxyl groups is 1. The molecule has 1 aliphatic rings. The fourth-order valence-electron chi connectivity index (χ4n) is 2.37. The Bertz CT molecular complexity index is 862. The SMILES string of the molecule is C.C=CC(O)(CCl)c1cccc(F)c1F.C=CC1(c2cccc(F)c2F)CO1.[Na+].[OH-]. The molecule has 0 aliphatic carbocycles. The van der Waals surface area contributed by atoms with Crippen molar-refractivity contribution >= 4 is 11.6 Å². The standard InChI is InChI=1S/C10H9ClF2O.C10H8F2O.CH4.Na.H2O/c1-2-10(14,6-11)7-4-3-5-8(12)9(7)13;1-2-10(6-13-10)7-4-3-5-8(11)9(7)12;;;/h2-5,14H,1,6H2;2-5H,1,6H2;1H4;;1H2/q;;;+1;/p-1. The summed E-state index contributed by atoms with van der Waals surface area (Å²) < 4.78 is 57.1. The molecule has 2 aromatic rings. The average Bonchev–Trinajstić information content (AvgIpc) is 3.47. The second kappa shape index (κ2) is 12.6. The van der Waals surface area contributed by atoms with E-state index in [1.165, 1.54) is 30.3 Å². The topological polar surface area (TPSA) is 62.8 Å². The Morgan fingerprint density at radius 2 is 1.57 bits per heavy atom. The van der Waals surface area contributed by atoms with E-state index in [0.717, 1.165) is 18.2 Å². The first-order valence-corrected chi connectivity index (χ1v) is 8.36. The number of hydrogen-bond acceptors (Lipinski definition) is 3. The predicted octanol–water partition coefficient (Wildman–Crippen LogP) is 2.42. The van der Waals surface area contributed by atoms with E-state index < -0.39 is 34.5 Å². The van der Waals surface area contributed by atoms with Crippen LogP contribution in [0.4, 0.5) is 17.6 Å². The minimum absolute atomic E-state index is 0. The monoisotopic (exact) mass is 456 g/mol. The van der Waals surface area contributed by atoms with E-state index in [2.05, 4.69) is 13.2 Å². The summed E-state index contributed by atoms with van der Waals surface area (Å²) in [4.78, 5) is 0. The Morgan fingerprint density at radius 1 is 1.07 bits per heavy atom. The van der Waals surface area contributed by atoms with Crippen LogP contribution in [-0.4, -0.2) is 23.1 Å². The van der Waals surface area contributed by atoms with Crippen molar-refractivity contribution in [2.24, 2.45) is 0 Å². The van der Waals surface area contributed by atoms with Crippen LogP contribution >= 0.6 is 11.6 Å². The molecule has 0 saturated carbocycles. The van der Waals surface area contributed by atoms with Gasteiger partial charge in [0.25, 0.3) is 0 Å². The molecule has 9 heteroatoms. The molecule has 2 atom stereocenters. The van der Waals surface area contributed by atoms with Crippen molar-refractivity contribution in [1.29, 1.82) is 0 Å². The molecular formula is C21H22ClF4NaO3. The minimum atomic E-state index is -1.73. The number of epoxide rings is 1. The Morgan fingerprint density at radius 3 is 2.00 bits per heavy atom. The van der Waals surface area contributed by atoms with E-state index in [0.29, 0.717) is 6.61 Å². The summed E-state index contributed by atoms with van der Waals surface area (Å²) in [5.41, 5.74) is -2.50. The van der Waals surface area contributed by atoms with Crippen molar-refractivity contribution in [2.45, 2.75) is 18.6 Å². The minimum Gasteiger partial charge on any atom is -0.870 e. The van der Waals surface area contributed by atoms with Gasteiger partial charge in [-0.1, -0.05) is 57.0 Å². The second-order valence-electron chi connectivity index (χ2n) is 5.85. The fourth-order valence-corrected chi connectivity index (χ4v) is 2.62. The van der Waals surface area contributed by atoms with Crippen LogP contribution in [0.25, 0.3) is 0 Å². The van der Waals surface area contributed by atoms with Crippen LogP contribution in [-0.2, 0) is 15.9 Å². The predicted molar refractivity (Wildman–Crippen MR) is 104 cm³/mol. The summed E-state index contributed by atoms with van der Waals surface area (Å²) in [5, 5.41) is 9.75. The largest absolute Gasteiger partial charge is 1.00 e. The van der Waals surface area contributed by atoms with Gasteiger partial charge in [-0.05, 0) is 12.1 Å². The van der Waals surface area contributed by atoms with Crippen LogP contribution in [0, 0.1) is 23.3 Å². The van der Waals surface area contributed by atoms with Gasteiger partial charge in [0.1, 0.15) is 11.2 Å². The van der Waals surface area contributed by atoms with Crippen molar-refractivity contribution < 1.29 is 62.4 Å². The molecule has 1 saturated heterocycles. The Labute approximate surface area is 200 Å². The molecule has 3 rings (SSSR count). The molecular weight excluding hydrogens is 435 g/mol. The molecule has 1 heterocycles. The van der Waals surface area contributed by atoms with Gasteiger partial charge in [-0.25, -0.2) is 17.6 Å². The summed E-state index contributed by atoms with van der Waals surface area (Å²) in [6.45, 7) is 7.23. The van der Waals surface area contributed by atoms with Gasteiger partial charge in [-0.2, -0.15) is 0 Å². The molecule has 2 unspecified atom stereocenters. The number of hydrogen-bond donors (Lipinski definition) is 1. The Kier molecular flexibility index (Phi) is 13.0. The molecule has 0 amide bonds. The Balaban J connectivity index is 0. The third-order valence-electron chi connectivity index (χ3n) is 4.15. The van der Waals surface area contributed by atoms with Crippen LogP contribution in [0.2, 0.25) is 0 Å². The maximum atomic E-state index is 13.2. The molecule has 160 valence electrons. The van der Waals surface area contributed by atoms with E-state index in [9.17, 15) is 22.7 Å². The first-order chi connectivity index (χ1) is 12.7. The second-order valence-corrected chi connectivity index (χ2v) is 6.11. The van der Waals surface area contributed by atoms with Crippen molar-refractivity contribution in [3.63, 3.8) is 0 Å². The van der Waals surface area contributed by atoms with Gasteiger partial charge >= 0.3 is 29.6 Å². The van der Waals surface area contributed by atoms with Crippen LogP contribution in [0.15, 0.2) is 61.7 Å². The van der Waals surface area contributed by atoms with Crippen molar-refractivity contribution in [1.82, 2.24) is 0 Å². The summed E-state index contributed by atoms with van der Waals surface area (Å²) in [5.74, 6) is -4.10. The summed E-state index contributed by atoms with van der Waals surface area (Å²) >= 11 is 5.46. The molecule has 2 N–H and O–H groups in total. The molecule has 30 heavy (non-hydrogen) atoms. The van der Waals surface area contributed by atoms with Crippen LogP contribution in [0.5, 0.6) is 0 Å².